The lowest BCUT2D eigenvalue weighted by atomic mass is 10.00. The van der Waals surface area contributed by atoms with Gasteiger partial charge in [0, 0.05) is 31.8 Å². The number of hydrogen-bond acceptors (Lipinski definition) is 14. The van der Waals surface area contributed by atoms with E-state index in [1.54, 1.807) is 17.8 Å². The molecule has 2 aliphatic rings. The van der Waals surface area contributed by atoms with E-state index in [4.69, 9.17) is 52.4 Å². The largest absolute Gasteiger partial charge is 0.460 e. The fourth-order valence-electron chi connectivity index (χ4n) is 8.19. The summed E-state index contributed by atoms with van der Waals surface area (Å²) in [7, 11) is 1.64. The maximum Gasteiger partial charge on any atom is 0.332 e. The summed E-state index contributed by atoms with van der Waals surface area (Å²) >= 11 is 0. The topological polar surface area (TPSA) is 182 Å². The number of esters is 1. The standard InChI is InChI=1S/C49H76N4O13/c1-57-20-21-58-22-23-59-24-25-60-26-27-61-28-29-62-30-31-63-32-33-64-34-35-65-36-37-66-44(54)19-16-40-14-17-43(18-15-40)46-50-45-47(51-46)52(38-41-10-6-2-3-7-11-41)49(56)53(48(45)55)39-42-12-8-4-5-9-13-42/h14-19,41-42H,2-13,20-39H2,1H3,(H,50,51). The molecule has 0 unspecified atom stereocenters. The van der Waals surface area contributed by atoms with Gasteiger partial charge in [0.2, 0.25) is 0 Å². The highest BCUT2D eigenvalue weighted by atomic mass is 16.6. The second-order valence-electron chi connectivity index (χ2n) is 16.8. The van der Waals surface area contributed by atoms with E-state index >= 15 is 0 Å². The molecule has 2 fully saturated rings. The molecule has 0 saturated heterocycles. The Morgan fingerprint density at radius 1 is 0.576 bits per heavy atom. The van der Waals surface area contributed by atoms with Crippen molar-refractivity contribution in [3.63, 3.8) is 0 Å². The Morgan fingerprint density at radius 2 is 0.985 bits per heavy atom. The molecule has 2 heterocycles. The van der Waals surface area contributed by atoms with Gasteiger partial charge in [0.15, 0.2) is 5.65 Å². The van der Waals surface area contributed by atoms with Crippen molar-refractivity contribution >= 4 is 23.2 Å². The first-order valence-corrected chi connectivity index (χ1v) is 24.3. The number of benzene rings is 1. The highest BCUT2D eigenvalue weighted by molar-refractivity contribution is 5.87. The van der Waals surface area contributed by atoms with Gasteiger partial charge in [-0.1, -0.05) is 75.6 Å². The van der Waals surface area contributed by atoms with Crippen LogP contribution in [0.2, 0.25) is 0 Å². The number of carbonyl (C=O) groups is 1. The number of rotatable bonds is 34. The summed E-state index contributed by atoms with van der Waals surface area (Å²) in [4.78, 5) is 48.5. The zero-order valence-electron chi connectivity index (χ0n) is 39.4. The summed E-state index contributed by atoms with van der Waals surface area (Å²) in [6.07, 6.45) is 16.8. The third kappa shape index (κ3) is 20.2. The Bertz CT molecular complexity index is 1900. The van der Waals surface area contributed by atoms with Gasteiger partial charge in [-0.05, 0) is 49.2 Å². The van der Waals surface area contributed by atoms with Crippen molar-refractivity contribution < 1.29 is 52.2 Å². The van der Waals surface area contributed by atoms with E-state index in [2.05, 4.69) is 4.98 Å². The molecule has 0 aliphatic heterocycles. The average Bonchev–Trinajstić information content (AvgIpc) is 3.44. The maximum atomic E-state index is 14.1. The van der Waals surface area contributed by atoms with Crippen LogP contribution in [0.25, 0.3) is 28.6 Å². The molecule has 17 nitrogen and oxygen atoms in total. The molecule has 1 N–H and O–H groups in total. The van der Waals surface area contributed by atoms with Gasteiger partial charge in [0.05, 0.1) is 112 Å². The molecule has 0 spiro atoms. The normalized spacial score (nSPS) is 15.5. The predicted octanol–water partition coefficient (Wildman–Crippen LogP) is 5.83. The fourth-order valence-corrected chi connectivity index (χ4v) is 8.19. The Hall–Kier alpha value is -3.78. The van der Waals surface area contributed by atoms with Crippen molar-refractivity contribution in [1.29, 1.82) is 0 Å². The number of aromatic amines is 1. The van der Waals surface area contributed by atoms with Gasteiger partial charge in [-0.3, -0.25) is 13.9 Å². The number of methoxy groups -OCH3 is 1. The number of ether oxygens (including phenoxy) is 10. The van der Waals surface area contributed by atoms with E-state index < -0.39 is 5.97 Å². The number of H-pyrrole nitrogens is 1. The molecular formula is C49H76N4O13. The summed E-state index contributed by atoms with van der Waals surface area (Å²) in [5.41, 5.74) is 1.85. The van der Waals surface area contributed by atoms with Crippen molar-refractivity contribution in [3.05, 3.63) is 56.7 Å². The first kappa shape index (κ1) is 53.2. The second-order valence-corrected chi connectivity index (χ2v) is 16.8. The van der Waals surface area contributed by atoms with E-state index in [9.17, 15) is 14.4 Å². The van der Waals surface area contributed by atoms with Gasteiger partial charge < -0.3 is 52.4 Å². The minimum Gasteiger partial charge on any atom is -0.460 e. The fraction of sp³-hybridized carbons (Fsp3) is 0.714. The first-order chi connectivity index (χ1) is 32.5. The van der Waals surface area contributed by atoms with Crippen LogP contribution in [0, 0.1) is 11.8 Å². The van der Waals surface area contributed by atoms with Crippen LogP contribution in [0.4, 0.5) is 0 Å². The maximum absolute atomic E-state index is 14.1. The molecule has 0 radical (unpaired) electrons. The smallest absolute Gasteiger partial charge is 0.332 e. The van der Waals surface area contributed by atoms with E-state index in [1.165, 1.54) is 49.2 Å². The zero-order valence-corrected chi connectivity index (χ0v) is 39.4. The third-order valence-electron chi connectivity index (χ3n) is 11.8. The lowest BCUT2D eigenvalue weighted by molar-refractivity contribution is -0.139. The van der Waals surface area contributed by atoms with Gasteiger partial charge >= 0.3 is 11.7 Å². The van der Waals surface area contributed by atoms with Crippen molar-refractivity contribution in [1.82, 2.24) is 19.1 Å². The molecule has 66 heavy (non-hydrogen) atoms. The molecule has 2 aromatic heterocycles. The molecule has 3 aromatic rings. The lowest BCUT2D eigenvalue weighted by Gasteiger charge is -2.19. The van der Waals surface area contributed by atoms with Crippen molar-refractivity contribution in [2.45, 2.75) is 90.1 Å². The number of hydrogen-bond donors (Lipinski definition) is 1. The second kappa shape index (κ2) is 32.8. The number of carbonyl (C=O) groups excluding carboxylic acids is 1. The zero-order chi connectivity index (χ0) is 46.3. The summed E-state index contributed by atoms with van der Waals surface area (Å²) < 4.78 is 57.2. The molecule has 370 valence electrons. The van der Waals surface area contributed by atoms with Gasteiger partial charge in [-0.15, -0.1) is 0 Å². The van der Waals surface area contributed by atoms with E-state index in [-0.39, 0.29) is 24.5 Å². The van der Waals surface area contributed by atoms with E-state index in [1.807, 2.05) is 24.3 Å². The summed E-state index contributed by atoms with van der Waals surface area (Å²) in [5, 5.41) is 0. The summed E-state index contributed by atoms with van der Waals surface area (Å²) in [6, 6.07) is 7.52. The highest BCUT2D eigenvalue weighted by Crippen LogP contribution is 2.27. The van der Waals surface area contributed by atoms with Crippen LogP contribution >= 0.6 is 0 Å². The Kier molecular flexibility index (Phi) is 26.5. The van der Waals surface area contributed by atoms with Crippen LogP contribution in [-0.2, 0) is 65.3 Å². The monoisotopic (exact) mass is 929 g/mol. The number of imidazole rings is 1. The predicted molar refractivity (Wildman–Crippen MR) is 251 cm³/mol. The minimum atomic E-state index is -0.476. The van der Waals surface area contributed by atoms with E-state index in [0.29, 0.717) is 148 Å². The molecule has 0 amide bonds. The van der Waals surface area contributed by atoms with Gasteiger partial charge in [0.1, 0.15) is 17.9 Å². The van der Waals surface area contributed by atoms with Gasteiger partial charge in [0.25, 0.3) is 5.56 Å². The number of fused-ring (bicyclic) bond motifs is 1. The van der Waals surface area contributed by atoms with Gasteiger partial charge in [-0.2, -0.15) is 0 Å². The summed E-state index contributed by atoms with van der Waals surface area (Å²) in [6.45, 7) is 9.18. The van der Waals surface area contributed by atoms with Crippen LogP contribution < -0.4 is 11.2 Å². The van der Waals surface area contributed by atoms with E-state index in [0.717, 1.165) is 49.7 Å². The van der Waals surface area contributed by atoms with Crippen molar-refractivity contribution in [2.75, 3.05) is 126 Å². The van der Waals surface area contributed by atoms with Crippen LogP contribution in [-0.4, -0.2) is 151 Å². The van der Waals surface area contributed by atoms with Crippen LogP contribution in [0.1, 0.15) is 82.6 Å². The molecule has 1 aromatic carbocycles. The van der Waals surface area contributed by atoms with Crippen molar-refractivity contribution in [2.24, 2.45) is 11.8 Å². The van der Waals surface area contributed by atoms with Crippen LogP contribution in [0.15, 0.2) is 39.9 Å². The minimum absolute atomic E-state index is 0.118. The SMILES string of the molecule is COCCOCCOCCOCCOCCOCCOCCOCCOCCOC(=O)C=Cc1ccc(-c2nc3c([nH]2)c(=O)n(CC2CCCCCC2)c(=O)n3CC2CCCCCC2)cc1. The Morgan fingerprint density at radius 3 is 1.42 bits per heavy atom. The van der Waals surface area contributed by atoms with Crippen LogP contribution in [0.3, 0.4) is 0 Å². The molecule has 0 bridgehead atoms. The molecule has 5 rings (SSSR count). The van der Waals surface area contributed by atoms with Gasteiger partial charge in [-0.25, -0.2) is 14.6 Å². The molecular weight excluding hydrogens is 853 g/mol. The third-order valence-corrected chi connectivity index (χ3v) is 11.8. The molecule has 2 saturated carbocycles. The number of aromatic nitrogens is 4. The quantitative estimate of drug-likeness (QED) is 0.0327. The average molecular weight is 929 g/mol. The Balaban J connectivity index is 0.908. The Labute approximate surface area is 389 Å². The van der Waals surface area contributed by atoms with Crippen molar-refractivity contribution in [3.8, 4) is 11.4 Å². The molecule has 2 aliphatic carbocycles. The van der Waals surface area contributed by atoms with Crippen LogP contribution in [0.5, 0.6) is 0 Å². The number of nitrogens with zero attached hydrogens (tertiary/aromatic N) is 3. The number of nitrogens with one attached hydrogen (secondary N) is 1. The summed E-state index contributed by atoms with van der Waals surface area (Å²) in [5.74, 6) is 0.766. The highest BCUT2D eigenvalue weighted by Gasteiger charge is 2.23. The first-order valence-electron chi connectivity index (χ1n) is 24.3. The lowest BCUT2D eigenvalue weighted by Crippen LogP contribution is -2.42. The molecule has 17 heteroatoms. The molecule has 0 atom stereocenters.